The molecular formula is C26H24N2P2S2. The minimum absolute atomic E-state index is 1.15. The average molecular weight is 491 g/mol. The number of para-hydroxylation sites is 2. The standard InChI is InChI=1S/C26H24N2P2S2/c1-21-13-9-11-19-25(21)27-29(31,23-15-5-3-6-16-23)28(26-20-12-10-14-22(26)2)30(27,32)24-17-7-4-8-18-24/h3-20H,1-2H3. The second-order valence-corrected chi connectivity index (χ2v) is 16.4. The molecule has 0 saturated carbocycles. The highest BCUT2D eigenvalue weighted by molar-refractivity contribution is 8.40. The molecule has 0 bridgehead atoms. The highest BCUT2D eigenvalue weighted by Crippen LogP contribution is 2.86. The first kappa shape index (κ1) is 21.6. The SMILES string of the molecule is Cc1ccccc1N1P(=S)(c2ccccc2)N(c2ccccc2C)P1(=S)c1ccccc1. The first-order valence-electron chi connectivity index (χ1n) is 10.5. The third-order valence-electron chi connectivity index (χ3n) is 5.87. The van der Waals surface area contributed by atoms with Crippen molar-refractivity contribution in [2.24, 2.45) is 0 Å². The van der Waals surface area contributed by atoms with Crippen molar-refractivity contribution in [3.63, 3.8) is 0 Å². The van der Waals surface area contributed by atoms with Crippen molar-refractivity contribution in [1.29, 1.82) is 0 Å². The first-order chi connectivity index (χ1) is 15.5. The first-order valence-corrected chi connectivity index (χ1v) is 16.0. The third-order valence-corrected chi connectivity index (χ3v) is 18.5. The van der Waals surface area contributed by atoms with Crippen LogP contribution in [0.2, 0.25) is 0 Å². The number of anilines is 2. The van der Waals surface area contributed by atoms with Crippen LogP contribution in [0.5, 0.6) is 0 Å². The second kappa shape index (κ2) is 8.28. The van der Waals surface area contributed by atoms with Gasteiger partial charge in [-0.25, -0.2) is 0 Å². The molecule has 4 aromatic carbocycles. The van der Waals surface area contributed by atoms with E-state index < -0.39 is 12.7 Å². The van der Waals surface area contributed by atoms with Gasteiger partial charge in [-0.3, -0.25) is 8.88 Å². The van der Waals surface area contributed by atoms with Crippen molar-refractivity contribution in [3.8, 4) is 0 Å². The summed E-state index contributed by atoms with van der Waals surface area (Å²) in [6, 6.07) is 38.1. The van der Waals surface area contributed by atoms with Crippen LogP contribution in [0, 0.1) is 13.8 Å². The van der Waals surface area contributed by atoms with Gasteiger partial charge in [0.15, 0.2) is 12.7 Å². The topological polar surface area (TPSA) is 6.48 Å². The maximum atomic E-state index is 6.70. The number of hydrogen-bond acceptors (Lipinski definition) is 2. The number of nitrogens with zero attached hydrogens (tertiary/aromatic N) is 2. The van der Waals surface area contributed by atoms with Gasteiger partial charge in [0, 0.05) is 10.6 Å². The van der Waals surface area contributed by atoms with Gasteiger partial charge in [-0.05, 0) is 60.7 Å². The van der Waals surface area contributed by atoms with Crippen LogP contribution >= 0.6 is 12.7 Å². The number of aryl methyl sites for hydroxylation is 2. The van der Waals surface area contributed by atoms with E-state index in [1.807, 2.05) is 12.1 Å². The quantitative estimate of drug-likeness (QED) is 0.287. The summed E-state index contributed by atoms with van der Waals surface area (Å²) in [7, 11) is 0. The van der Waals surface area contributed by atoms with E-state index in [-0.39, 0.29) is 0 Å². The van der Waals surface area contributed by atoms with E-state index in [0.717, 1.165) is 22.0 Å². The lowest BCUT2D eigenvalue weighted by molar-refractivity contribution is 1.34. The third kappa shape index (κ3) is 3.13. The Morgan fingerprint density at radius 2 is 0.781 bits per heavy atom. The summed E-state index contributed by atoms with van der Waals surface area (Å²) in [5, 5.41) is 2.33. The van der Waals surface area contributed by atoms with Gasteiger partial charge in [-0.15, -0.1) is 0 Å². The summed E-state index contributed by atoms with van der Waals surface area (Å²) >= 11 is 13.4. The predicted octanol–water partition coefficient (Wildman–Crippen LogP) is 6.90. The van der Waals surface area contributed by atoms with E-state index >= 15 is 0 Å². The summed E-state index contributed by atoms with van der Waals surface area (Å²) in [6.45, 7) is 4.31. The van der Waals surface area contributed by atoms with Gasteiger partial charge in [0.2, 0.25) is 0 Å². The zero-order chi connectivity index (χ0) is 22.3. The van der Waals surface area contributed by atoms with Crippen LogP contribution in [0.4, 0.5) is 11.4 Å². The highest BCUT2D eigenvalue weighted by Gasteiger charge is 2.59. The average Bonchev–Trinajstić information content (AvgIpc) is 2.83. The summed E-state index contributed by atoms with van der Waals surface area (Å²) < 4.78 is 4.91. The van der Waals surface area contributed by atoms with Crippen LogP contribution in [0.15, 0.2) is 109 Å². The second-order valence-electron chi connectivity index (χ2n) is 7.91. The Balaban J connectivity index is 1.86. The van der Waals surface area contributed by atoms with Crippen LogP contribution < -0.4 is 19.5 Å². The van der Waals surface area contributed by atoms with Crippen LogP contribution in [-0.4, -0.2) is 0 Å². The monoisotopic (exact) mass is 490 g/mol. The summed E-state index contributed by atoms with van der Waals surface area (Å²) in [5.41, 5.74) is 4.70. The molecule has 32 heavy (non-hydrogen) atoms. The zero-order valence-electron chi connectivity index (χ0n) is 18.0. The van der Waals surface area contributed by atoms with E-state index in [1.54, 1.807) is 0 Å². The Hall–Kier alpha value is -2.22. The normalized spacial score (nSPS) is 22.4. The number of benzene rings is 4. The largest absolute Gasteiger partial charge is 0.275 e. The number of rotatable bonds is 4. The van der Waals surface area contributed by atoms with Crippen LogP contribution in [0.25, 0.3) is 0 Å². The fourth-order valence-corrected chi connectivity index (χ4v) is 19.4. The molecule has 0 amide bonds. The van der Waals surface area contributed by atoms with E-state index in [4.69, 9.17) is 23.6 Å². The fourth-order valence-electron chi connectivity index (χ4n) is 4.30. The molecule has 0 aliphatic carbocycles. The van der Waals surface area contributed by atoms with E-state index in [1.165, 1.54) is 11.1 Å². The van der Waals surface area contributed by atoms with Crippen molar-refractivity contribution >= 4 is 58.3 Å². The van der Waals surface area contributed by atoms with Crippen molar-refractivity contribution < 1.29 is 0 Å². The lowest BCUT2D eigenvalue weighted by atomic mass is 10.2. The lowest BCUT2D eigenvalue weighted by Crippen LogP contribution is -2.50. The molecule has 160 valence electrons. The van der Waals surface area contributed by atoms with Crippen molar-refractivity contribution in [3.05, 3.63) is 120 Å². The maximum absolute atomic E-state index is 6.70. The number of hydrogen-bond donors (Lipinski definition) is 0. The van der Waals surface area contributed by atoms with Gasteiger partial charge in [-0.1, -0.05) is 97.1 Å². The minimum Gasteiger partial charge on any atom is -0.275 e. The smallest absolute Gasteiger partial charge is 0.164 e. The van der Waals surface area contributed by atoms with Gasteiger partial charge < -0.3 is 0 Å². The molecule has 0 unspecified atom stereocenters. The van der Waals surface area contributed by atoms with Crippen LogP contribution in [0.1, 0.15) is 11.1 Å². The van der Waals surface area contributed by atoms with Crippen LogP contribution in [0.3, 0.4) is 0 Å². The van der Waals surface area contributed by atoms with Gasteiger partial charge in [-0.2, -0.15) is 0 Å². The van der Waals surface area contributed by atoms with E-state index in [2.05, 4.69) is 120 Å². The molecule has 0 atom stereocenters. The van der Waals surface area contributed by atoms with Crippen molar-refractivity contribution in [1.82, 2.24) is 0 Å². The van der Waals surface area contributed by atoms with Crippen molar-refractivity contribution in [2.45, 2.75) is 13.8 Å². The molecule has 1 aliphatic rings. The molecule has 5 rings (SSSR count). The van der Waals surface area contributed by atoms with E-state index in [0.29, 0.717) is 0 Å². The molecule has 0 aromatic heterocycles. The van der Waals surface area contributed by atoms with Gasteiger partial charge in [0.1, 0.15) is 0 Å². The highest BCUT2D eigenvalue weighted by atomic mass is 32.5. The summed E-state index contributed by atoms with van der Waals surface area (Å²) in [6.07, 6.45) is -4.81. The van der Waals surface area contributed by atoms with Gasteiger partial charge >= 0.3 is 0 Å². The van der Waals surface area contributed by atoms with E-state index in [9.17, 15) is 0 Å². The molecule has 1 aliphatic heterocycles. The van der Waals surface area contributed by atoms with Gasteiger partial charge in [0.25, 0.3) is 0 Å². The molecule has 2 nitrogen and oxygen atoms in total. The molecule has 6 heteroatoms. The molecule has 0 N–H and O–H groups in total. The summed E-state index contributed by atoms with van der Waals surface area (Å²) in [5.74, 6) is 0. The Morgan fingerprint density at radius 1 is 0.469 bits per heavy atom. The molecule has 1 saturated heterocycles. The summed E-state index contributed by atoms with van der Waals surface area (Å²) in [4.78, 5) is 0. The van der Waals surface area contributed by atoms with Gasteiger partial charge in [0.05, 0.1) is 11.4 Å². The molecular weight excluding hydrogens is 466 g/mol. The molecule has 1 fully saturated rings. The molecule has 1 heterocycles. The Morgan fingerprint density at radius 3 is 1.12 bits per heavy atom. The Kier molecular flexibility index (Phi) is 5.60. The predicted molar refractivity (Wildman–Crippen MR) is 148 cm³/mol. The minimum atomic E-state index is -2.40. The molecule has 0 radical (unpaired) electrons. The fraction of sp³-hybridized carbons (Fsp3) is 0.0769. The lowest BCUT2D eigenvalue weighted by Gasteiger charge is -2.64. The maximum Gasteiger partial charge on any atom is 0.164 e. The molecule has 4 aromatic rings. The zero-order valence-corrected chi connectivity index (χ0v) is 21.4. The van der Waals surface area contributed by atoms with Crippen LogP contribution in [-0.2, 0) is 23.6 Å². The Labute approximate surface area is 200 Å². The Bertz CT molecular complexity index is 1250. The molecule has 0 spiro atoms. The van der Waals surface area contributed by atoms with Crippen molar-refractivity contribution in [2.75, 3.05) is 8.88 Å².